The van der Waals surface area contributed by atoms with Crippen molar-refractivity contribution in [2.75, 3.05) is 25.2 Å². The van der Waals surface area contributed by atoms with Crippen LogP contribution in [-0.2, 0) is 16.4 Å². The van der Waals surface area contributed by atoms with E-state index in [2.05, 4.69) is 5.32 Å². The molecule has 1 aromatic carbocycles. The Morgan fingerprint density at radius 2 is 2.05 bits per heavy atom. The molecule has 1 saturated carbocycles. The quantitative estimate of drug-likeness (QED) is 0.752. The molecule has 1 N–H and O–H groups in total. The highest BCUT2D eigenvalue weighted by Gasteiger charge is 2.21. The van der Waals surface area contributed by atoms with Gasteiger partial charge in [-0.1, -0.05) is 12.1 Å². The Hall–Kier alpha value is -1.27. The van der Waals surface area contributed by atoms with Crippen LogP contribution >= 0.6 is 0 Å². The first kappa shape index (κ1) is 16.1. The first-order chi connectivity index (χ1) is 9.99. The number of hydrogen-bond donors (Lipinski definition) is 1. The van der Waals surface area contributed by atoms with Gasteiger partial charge >= 0.3 is 0 Å². The van der Waals surface area contributed by atoms with Gasteiger partial charge in [0.25, 0.3) is 0 Å². The van der Waals surface area contributed by atoms with Crippen LogP contribution in [0, 0.1) is 0 Å². The molecule has 0 aromatic heterocycles. The van der Waals surface area contributed by atoms with Gasteiger partial charge in [0.05, 0.1) is 12.4 Å². The molecule has 5 nitrogen and oxygen atoms in total. The summed E-state index contributed by atoms with van der Waals surface area (Å²) in [6, 6.07) is 6.36. The summed E-state index contributed by atoms with van der Waals surface area (Å²) >= 11 is 0. The minimum absolute atomic E-state index is 0.00293. The first-order valence-corrected chi connectivity index (χ1v) is 9.34. The SMILES string of the molecule is CCOc1cccc(CNC2CC2)c1OCCS(C)(=O)=O. The van der Waals surface area contributed by atoms with Crippen molar-refractivity contribution in [3.8, 4) is 11.5 Å². The lowest BCUT2D eigenvalue weighted by Gasteiger charge is -2.16. The highest BCUT2D eigenvalue weighted by atomic mass is 32.2. The van der Waals surface area contributed by atoms with Crippen molar-refractivity contribution in [1.29, 1.82) is 0 Å². The standard InChI is InChI=1S/C15H23NO4S/c1-3-19-14-6-4-5-12(11-16-13-7-8-13)15(14)20-9-10-21(2,17)18/h4-6,13,16H,3,7-11H2,1-2H3. The molecule has 0 atom stereocenters. The molecule has 1 aromatic rings. The topological polar surface area (TPSA) is 64.6 Å². The van der Waals surface area contributed by atoms with Gasteiger partial charge in [0, 0.05) is 24.4 Å². The summed E-state index contributed by atoms with van der Waals surface area (Å²) in [5.41, 5.74) is 1.00. The number of ether oxygens (including phenoxy) is 2. The molecule has 0 saturated heterocycles. The van der Waals surface area contributed by atoms with E-state index in [1.54, 1.807) is 0 Å². The molecule has 118 valence electrons. The van der Waals surface area contributed by atoms with Crippen LogP contribution in [0.5, 0.6) is 11.5 Å². The van der Waals surface area contributed by atoms with E-state index < -0.39 is 9.84 Å². The summed E-state index contributed by atoms with van der Waals surface area (Å²) in [6.07, 6.45) is 3.64. The van der Waals surface area contributed by atoms with Gasteiger partial charge in [-0.2, -0.15) is 0 Å². The zero-order valence-corrected chi connectivity index (χ0v) is 13.4. The van der Waals surface area contributed by atoms with Gasteiger partial charge in [0.1, 0.15) is 6.61 Å². The van der Waals surface area contributed by atoms with Crippen LogP contribution in [0.4, 0.5) is 0 Å². The van der Waals surface area contributed by atoms with Crippen molar-refractivity contribution in [3.05, 3.63) is 23.8 Å². The molecular formula is C15H23NO4S. The highest BCUT2D eigenvalue weighted by Crippen LogP contribution is 2.32. The Labute approximate surface area is 126 Å². The van der Waals surface area contributed by atoms with Crippen LogP contribution in [0.25, 0.3) is 0 Å². The Morgan fingerprint density at radius 3 is 2.67 bits per heavy atom. The molecule has 1 aliphatic rings. The van der Waals surface area contributed by atoms with Gasteiger partial charge in [-0.15, -0.1) is 0 Å². The Balaban J connectivity index is 2.07. The molecular weight excluding hydrogens is 290 g/mol. The van der Waals surface area contributed by atoms with E-state index in [1.807, 2.05) is 25.1 Å². The normalized spacial score (nSPS) is 15.0. The number of hydrogen-bond acceptors (Lipinski definition) is 5. The van der Waals surface area contributed by atoms with Crippen LogP contribution in [0.15, 0.2) is 18.2 Å². The van der Waals surface area contributed by atoms with Gasteiger partial charge < -0.3 is 14.8 Å². The number of benzene rings is 1. The van der Waals surface area contributed by atoms with E-state index in [1.165, 1.54) is 19.1 Å². The minimum atomic E-state index is -3.03. The summed E-state index contributed by atoms with van der Waals surface area (Å²) in [5, 5.41) is 3.44. The van der Waals surface area contributed by atoms with E-state index in [4.69, 9.17) is 9.47 Å². The Kier molecular flexibility index (Phi) is 5.47. The molecule has 0 spiro atoms. The van der Waals surface area contributed by atoms with Gasteiger partial charge in [-0.3, -0.25) is 0 Å². The Bertz CT molecular complexity index is 567. The summed E-state index contributed by atoms with van der Waals surface area (Å²) < 4.78 is 33.7. The van der Waals surface area contributed by atoms with Crippen molar-refractivity contribution in [3.63, 3.8) is 0 Å². The lowest BCUT2D eigenvalue weighted by atomic mass is 10.2. The lowest BCUT2D eigenvalue weighted by molar-refractivity contribution is 0.285. The predicted octanol–water partition coefficient (Wildman–Crippen LogP) is 1.76. The van der Waals surface area contributed by atoms with Crippen LogP contribution in [0.2, 0.25) is 0 Å². The molecule has 1 fully saturated rings. The first-order valence-electron chi connectivity index (χ1n) is 7.28. The van der Waals surface area contributed by atoms with Crippen LogP contribution < -0.4 is 14.8 Å². The smallest absolute Gasteiger partial charge is 0.165 e. The fraction of sp³-hybridized carbons (Fsp3) is 0.600. The molecule has 0 bridgehead atoms. The molecule has 0 radical (unpaired) electrons. The number of sulfone groups is 1. The fourth-order valence-electron chi connectivity index (χ4n) is 1.97. The summed E-state index contributed by atoms with van der Waals surface area (Å²) in [5.74, 6) is 1.32. The van der Waals surface area contributed by atoms with Crippen molar-refractivity contribution >= 4 is 9.84 Å². The summed E-state index contributed by atoms with van der Waals surface area (Å²) in [6.45, 7) is 3.30. The van der Waals surface area contributed by atoms with E-state index >= 15 is 0 Å². The van der Waals surface area contributed by atoms with Crippen molar-refractivity contribution in [2.24, 2.45) is 0 Å². The fourth-order valence-corrected chi connectivity index (χ4v) is 2.36. The van der Waals surface area contributed by atoms with Gasteiger partial charge in [-0.05, 0) is 25.8 Å². The van der Waals surface area contributed by atoms with Crippen LogP contribution in [-0.4, -0.2) is 39.7 Å². The second-order valence-electron chi connectivity index (χ2n) is 5.31. The molecule has 0 unspecified atom stereocenters. The third-order valence-corrected chi connectivity index (χ3v) is 4.13. The summed E-state index contributed by atoms with van der Waals surface area (Å²) in [4.78, 5) is 0. The van der Waals surface area contributed by atoms with Gasteiger partial charge in [0.2, 0.25) is 0 Å². The molecule has 0 aliphatic heterocycles. The average molecular weight is 313 g/mol. The van der Waals surface area contributed by atoms with E-state index in [-0.39, 0.29) is 12.4 Å². The predicted molar refractivity (Wildman–Crippen MR) is 82.7 cm³/mol. The zero-order chi connectivity index (χ0) is 15.3. The third kappa shape index (κ3) is 5.55. The lowest BCUT2D eigenvalue weighted by Crippen LogP contribution is -2.18. The van der Waals surface area contributed by atoms with E-state index in [0.717, 1.165) is 5.56 Å². The average Bonchev–Trinajstić information content (AvgIpc) is 3.21. The highest BCUT2D eigenvalue weighted by molar-refractivity contribution is 7.90. The number of rotatable bonds is 9. The maximum absolute atomic E-state index is 11.2. The largest absolute Gasteiger partial charge is 0.490 e. The maximum atomic E-state index is 11.2. The molecule has 0 heterocycles. The second-order valence-corrected chi connectivity index (χ2v) is 7.57. The Morgan fingerprint density at radius 1 is 1.29 bits per heavy atom. The third-order valence-electron chi connectivity index (χ3n) is 3.22. The molecule has 6 heteroatoms. The zero-order valence-electron chi connectivity index (χ0n) is 12.6. The maximum Gasteiger partial charge on any atom is 0.165 e. The van der Waals surface area contributed by atoms with E-state index in [9.17, 15) is 8.42 Å². The van der Waals surface area contributed by atoms with Crippen LogP contribution in [0.3, 0.4) is 0 Å². The van der Waals surface area contributed by atoms with Gasteiger partial charge in [0.15, 0.2) is 21.3 Å². The number of nitrogens with one attached hydrogen (secondary N) is 1. The second kappa shape index (κ2) is 7.13. The summed E-state index contributed by atoms with van der Waals surface area (Å²) in [7, 11) is -3.03. The molecule has 1 aliphatic carbocycles. The molecule has 2 rings (SSSR count). The van der Waals surface area contributed by atoms with Crippen molar-refractivity contribution in [2.45, 2.75) is 32.4 Å². The molecule has 21 heavy (non-hydrogen) atoms. The monoisotopic (exact) mass is 313 g/mol. The van der Waals surface area contributed by atoms with Crippen LogP contribution in [0.1, 0.15) is 25.3 Å². The van der Waals surface area contributed by atoms with E-state index in [0.29, 0.717) is 30.7 Å². The molecule has 0 amide bonds. The van der Waals surface area contributed by atoms with Crippen molar-refractivity contribution in [1.82, 2.24) is 5.32 Å². The van der Waals surface area contributed by atoms with Crippen molar-refractivity contribution < 1.29 is 17.9 Å². The number of para-hydroxylation sites is 1. The minimum Gasteiger partial charge on any atom is -0.490 e. The van der Waals surface area contributed by atoms with Gasteiger partial charge in [-0.25, -0.2) is 8.42 Å².